The summed E-state index contributed by atoms with van der Waals surface area (Å²) in [7, 11) is 0. The molecule has 3 atom stereocenters. The Morgan fingerprint density at radius 2 is 1.21 bits per heavy atom. The van der Waals surface area contributed by atoms with Gasteiger partial charge in [0.15, 0.2) is 0 Å². The third kappa shape index (κ3) is 5.75. The molecule has 0 aromatic heterocycles. The minimum Gasteiger partial charge on any atom is -0.310 e. The number of benzene rings is 6. The molecule has 6 aromatic carbocycles. The summed E-state index contributed by atoms with van der Waals surface area (Å²) in [6.07, 6.45) is 12.4. The summed E-state index contributed by atoms with van der Waals surface area (Å²) in [6, 6.07) is 53.4. The molecule has 3 unspecified atom stereocenters. The first kappa shape index (κ1) is 32.7. The monoisotopic (exact) mass is 689 g/mol. The fourth-order valence-electron chi connectivity index (χ4n) is 11.0. The van der Waals surface area contributed by atoms with Gasteiger partial charge in [-0.15, -0.1) is 0 Å². The molecule has 0 saturated heterocycles. The van der Waals surface area contributed by atoms with Crippen LogP contribution in [0.5, 0.6) is 0 Å². The van der Waals surface area contributed by atoms with Crippen molar-refractivity contribution in [3.63, 3.8) is 0 Å². The molecule has 0 radical (unpaired) electrons. The molecule has 53 heavy (non-hydrogen) atoms. The summed E-state index contributed by atoms with van der Waals surface area (Å²) in [5.74, 6) is 3.27. The molecule has 0 aliphatic heterocycles. The van der Waals surface area contributed by atoms with Crippen molar-refractivity contribution in [3.8, 4) is 33.4 Å². The Balaban J connectivity index is 1.04. The quantitative estimate of drug-likeness (QED) is 0.161. The van der Waals surface area contributed by atoms with Gasteiger partial charge in [0.25, 0.3) is 0 Å². The highest BCUT2D eigenvalue weighted by molar-refractivity contribution is 5.94. The highest BCUT2D eigenvalue weighted by Crippen LogP contribution is 2.55. The Morgan fingerprint density at radius 1 is 0.491 bits per heavy atom. The van der Waals surface area contributed by atoms with Gasteiger partial charge in [0, 0.05) is 22.5 Å². The molecule has 3 saturated carbocycles. The Kier molecular flexibility index (Phi) is 8.16. The summed E-state index contributed by atoms with van der Waals surface area (Å²) in [4.78, 5) is 2.49. The van der Waals surface area contributed by atoms with Crippen LogP contribution in [0.4, 0.5) is 17.1 Å². The number of rotatable bonds is 7. The highest BCUT2D eigenvalue weighted by atomic mass is 15.1. The Bertz CT molecular complexity index is 2250. The number of hydrogen-bond acceptors (Lipinski definition) is 1. The van der Waals surface area contributed by atoms with Crippen LogP contribution in [-0.2, 0) is 5.41 Å². The SMILES string of the molecule is CC1(C)c2cc(N(c3ccc(-c4cccc(C5CCCCC5)c4)cc3)c3ccc(C4CC5CCC4C5)cc3)ccc2-c2c(-c3ccccc3)cccc21. The first-order valence-corrected chi connectivity index (χ1v) is 20.5. The highest BCUT2D eigenvalue weighted by Gasteiger charge is 2.40. The fourth-order valence-corrected chi connectivity index (χ4v) is 11.0. The average molecular weight is 690 g/mol. The van der Waals surface area contributed by atoms with E-state index in [4.69, 9.17) is 0 Å². The second-order valence-electron chi connectivity index (χ2n) is 17.2. The molecule has 2 bridgehead atoms. The summed E-state index contributed by atoms with van der Waals surface area (Å²) in [5, 5.41) is 0. The molecule has 0 spiro atoms. The van der Waals surface area contributed by atoms with Crippen LogP contribution in [0.3, 0.4) is 0 Å². The van der Waals surface area contributed by atoms with Gasteiger partial charge in [0.05, 0.1) is 0 Å². The largest absolute Gasteiger partial charge is 0.310 e. The molecule has 10 rings (SSSR count). The Morgan fingerprint density at radius 3 is 1.94 bits per heavy atom. The van der Waals surface area contributed by atoms with E-state index in [0.29, 0.717) is 5.92 Å². The minimum atomic E-state index is -0.115. The van der Waals surface area contributed by atoms with Gasteiger partial charge in [0.1, 0.15) is 0 Å². The third-order valence-electron chi connectivity index (χ3n) is 13.8. The molecule has 6 aromatic rings. The van der Waals surface area contributed by atoms with Crippen molar-refractivity contribution < 1.29 is 0 Å². The molecule has 4 aliphatic rings. The van der Waals surface area contributed by atoms with Crippen LogP contribution in [0.25, 0.3) is 33.4 Å². The van der Waals surface area contributed by atoms with E-state index in [1.165, 1.54) is 130 Å². The van der Waals surface area contributed by atoms with Gasteiger partial charge >= 0.3 is 0 Å². The zero-order valence-electron chi connectivity index (χ0n) is 31.4. The lowest BCUT2D eigenvalue weighted by Crippen LogP contribution is -2.16. The Hall–Kier alpha value is -4.88. The predicted octanol–water partition coefficient (Wildman–Crippen LogP) is 14.7. The molecule has 4 aliphatic carbocycles. The molecular formula is C52H51N. The van der Waals surface area contributed by atoms with Gasteiger partial charge in [-0.05, 0) is 148 Å². The van der Waals surface area contributed by atoms with Gasteiger partial charge in [-0.25, -0.2) is 0 Å². The van der Waals surface area contributed by atoms with Crippen LogP contribution in [0, 0.1) is 11.8 Å². The van der Waals surface area contributed by atoms with Gasteiger partial charge < -0.3 is 4.90 Å². The van der Waals surface area contributed by atoms with E-state index < -0.39 is 0 Å². The van der Waals surface area contributed by atoms with Gasteiger partial charge in [-0.1, -0.05) is 143 Å². The number of anilines is 3. The fraction of sp³-hybridized carbons (Fsp3) is 0.308. The van der Waals surface area contributed by atoms with E-state index in [2.05, 4.69) is 158 Å². The maximum atomic E-state index is 2.49. The van der Waals surface area contributed by atoms with Crippen LogP contribution < -0.4 is 4.90 Å². The minimum absolute atomic E-state index is 0.115. The summed E-state index contributed by atoms with van der Waals surface area (Å²) in [5.41, 5.74) is 17.3. The summed E-state index contributed by atoms with van der Waals surface area (Å²) < 4.78 is 0. The lowest BCUT2D eigenvalue weighted by Gasteiger charge is -2.29. The normalized spacial score (nSPS) is 21.4. The molecule has 1 nitrogen and oxygen atoms in total. The van der Waals surface area contributed by atoms with Gasteiger partial charge in [-0.3, -0.25) is 0 Å². The number of hydrogen-bond donors (Lipinski definition) is 0. The van der Waals surface area contributed by atoms with Crippen molar-refractivity contribution in [2.24, 2.45) is 11.8 Å². The maximum absolute atomic E-state index is 2.49. The standard InChI is InChI=1S/C52H51N/c1-52(2)49-18-10-17-46(38-13-7-4-8-14-38)51(49)47-30-29-45(34-50(47)52)53(44-27-23-39(24-28-44)48-32-35-19-20-42(48)31-35)43-25-21-37(22-26-43)41-16-9-15-40(33-41)36-11-5-3-6-12-36/h4,7-10,13-18,21-30,33-36,42,48H,3,5-6,11-12,19-20,31-32H2,1-2H3. The first-order valence-electron chi connectivity index (χ1n) is 20.5. The molecular weight excluding hydrogens is 639 g/mol. The van der Waals surface area contributed by atoms with Crippen LogP contribution in [-0.4, -0.2) is 0 Å². The average Bonchev–Trinajstić information content (AvgIpc) is 3.92. The molecule has 1 heteroatoms. The van der Waals surface area contributed by atoms with Crippen LogP contribution in [0.15, 0.2) is 140 Å². The van der Waals surface area contributed by atoms with E-state index >= 15 is 0 Å². The molecule has 0 N–H and O–H groups in total. The van der Waals surface area contributed by atoms with E-state index in [-0.39, 0.29) is 5.41 Å². The summed E-state index contributed by atoms with van der Waals surface area (Å²) in [6.45, 7) is 4.81. The van der Waals surface area contributed by atoms with E-state index in [9.17, 15) is 0 Å². The van der Waals surface area contributed by atoms with Crippen molar-refractivity contribution in [3.05, 3.63) is 162 Å². The third-order valence-corrected chi connectivity index (χ3v) is 13.8. The van der Waals surface area contributed by atoms with Gasteiger partial charge in [0.2, 0.25) is 0 Å². The second-order valence-corrected chi connectivity index (χ2v) is 17.2. The van der Waals surface area contributed by atoms with E-state index in [0.717, 1.165) is 17.8 Å². The van der Waals surface area contributed by atoms with Crippen LogP contribution in [0.1, 0.15) is 106 Å². The van der Waals surface area contributed by atoms with Crippen LogP contribution >= 0.6 is 0 Å². The van der Waals surface area contributed by atoms with Crippen molar-refractivity contribution in [1.82, 2.24) is 0 Å². The molecule has 3 fully saturated rings. The number of nitrogens with zero attached hydrogens (tertiary/aromatic N) is 1. The lowest BCUT2D eigenvalue weighted by molar-refractivity contribution is 0.420. The molecule has 264 valence electrons. The zero-order chi connectivity index (χ0) is 35.5. The van der Waals surface area contributed by atoms with E-state index in [1.54, 1.807) is 0 Å². The molecule has 0 heterocycles. The van der Waals surface area contributed by atoms with Crippen molar-refractivity contribution in [2.75, 3.05) is 4.90 Å². The van der Waals surface area contributed by atoms with E-state index in [1.807, 2.05) is 0 Å². The smallest absolute Gasteiger partial charge is 0.0465 e. The van der Waals surface area contributed by atoms with Crippen molar-refractivity contribution in [1.29, 1.82) is 0 Å². The second kappa shape index (κ2) is 13.2. The predicted molar refractivity (Wildman–Crippen MR) is 224 cm³/mol. The van der Waals surface area contributed by atoms with Crippen molar-refractivity contribution >= 4 is 17.1 Å². The summed E-state index contributed by atoms with van der Waals surface area (Å²) >= 11 is 0. The van der Waals surface area contributed by atoms with Gasteiger partial charge in [-0.2, -0.15) is 0 Å². The number of fused-ring (bicyclic) bond motifs is 5. The van der Waals surface area contributed by atoms with Crippen molar-refractivity contribution in [2.45, 2.75) is 88.9 Å². The Labute approximate surface area is 316 Å². The maximum Gasteiger partial charge on any atom is 0.0465 e. The zero-order valence-corrected chi connectivity index (χ0v) is 31.4. The lowest BCUT2D eigenvalue weighted by atomic mass is 9.81. The first-order chi connectivity index (χ1) is 26.0. The van der Waals surface area contributed by atoms with Crippen LogP contribution in [0.2, 0.25) is 0 Å². The topological polar surface area (TPSA) is 3.24 Å². The molecule has 0 amide bonds.